The maximum atomic E-state index is 13.2. The van der Waals surface area contributed by atoms with Crippen LogP contribution in [0.2, 0.25) is 0 Å². The van der Waals surface area contributed by atoms with Crippen molar-refractivity contribution < 1.29 is 9.18 Å². The van der Waals surface area contributed by atoms with Crippen LogP contribution in [-0.4, -0.2) is 56.7 Å². The van der Waals surface area contributed by atoms with Gasteiger partial charge in [-0.1, -0.05) is 0 Å². The number of rotatable bonds is 3. The van der Waals surface area contributed by atoms with Crippen LogP contribution in [0.3, 0.4) is 0 Å². The first-order valence-electron chi connectivity index (χ1n) is 10.5. The van der Waals surface area contributed by atoms with Gasteiger partial charge < -0.3 is 14.8 Å². The SMILES string of the molecule is O=C(c1c[nH]c(=O)n(-c2ccc(F)cc2)c1=O)N1CCN(c2cc3c(nn2)CCC3)CC1. The highest BCUT2D eigenvalue weighted by atomic mass is 19.1. The molecule has 164 valence electrons. The lowest BCUT2D eigenvalue weighted by Crippen LogP contribution is -2.50. The van der Waals surface area contributed by atoms with Crippen molar-refractivity contribution in [2.24, 2.45) is 0 Å². The van der Waals surface area contributed by atoms with Gasteiger partial charge in [-0.05, 0) is 55.2 Å². The van der Waals surface area contributed by atoms with Gasteiger partial charge in [0.15, 0.2) is 5.82 Å². The number of hydrogen-bond donors (Lipinski definition) is 1. The van der Waals surface area contributed by atoms with Gasteiger partial charge in [0.2, 0.25) is 0 Å². The van der Waals surface area contributed by atoms with E-state index in [0.29, 0.717) is 26.2 Å². The highest BCUT2D eigenvalue weighted by molar-refractivity contribution is 5.93. The van der Waals surface area contributed by atoms with Crippen molar-refractivity contribution >= 4 is 11.7 Å². The van der Waals surface area contributed by atoms with Crippen molar-refractivity contribution in [3.63, 3.8) is 0 Å². The van der Waals surface area contributed by atoms with Crippen molar-refractivity contribution in [1.29, 1.82) is 0 Å². The molecule has 9 nitrogen and oxygen atoms in total. The molecular formula is C22H21FN6O3. The van der Waals surface area contributed by atoms with Crippen LogP contribution in [0.1, 0.15) is 28.0 Å². The van der Waals surface area contributed by atoms with Crippen LogP contribution in [0.15, 0.2) is 46.1 Å². The maximum Gasteiger partial charge on any atom is 0.333 e. The van der Waals surface area contributed by atoms with Gasteiger partial charge in [-0.15, -0.1) is 5.10 Å². The number of carbonyl (C=O) groups excluding carboxylic acids is 1. The second-order valence-electron chi connectivity index (χ2n) is 7.93. The first-order valence-corrected chi connectivity index (χ1v) is 10.5. The number of fused-ring (bicyclic) bond motifs is 1. The van der Waals surface area contributed by atoms with Crippen LogP contribution in [-0.2, 0) is 12.8 Å². The van der Waals surface area contributed by atoms with Crippen LogP contribution < -0.4 is 16.1 Å². The molecule has 3 aromatic rings. The number of nitrogens with one attached hydrogen (secondary N) is 1. The summed E-state index contributed by atoms with van der Waals surface area (Å²) in [4.78, 5) is 44.3. The predicted molar refractivity (Wildman–Crippen MR) is 115 cm³/mol. The summed E-state index contributed by atoms with van der Waals surface area (Å²) in [5.74, 6) is -0.140. The zero-order valence-corrected chi connectivity index (χ0v) is 17.3. The zero-order valence-electron chi connectivity index (χ0n) is 17.3. The lowest BCUT2D eigenvalue weighted by Gasteiger charge is -2.35. The average molecular weight is 436 g/mol. The van der Waals surface area contributed by atoms with Crippen LogP contribution in [0.4, 0.5) is 10.2 Å². The zero-order chi connectivity index (χ0) is 22.2. The summed E-state index contributed by atoms with van der Waals surface area (Å²) in [6.07, 6.45) is 4.23. The first-order chi connectivity index (χ1) is 15.5. The Hall–Kier alpha value is -3.82. The quantitative estimate of drug-likeness (QED) is 0.655. The molecule has 1 N–H and O–H groups in total. The smallest absolute Gasteiger partial charge is 0.333 e. The van der Waals surface area contributed by atoms with E-state index in [1.807, 2.05) is 0 Å². The topological polar surface area (TPSA) is 104 Å². The number of nitrogens with zero attached hydrogens (tertiary/aromatic N) is 5. The molecule has 10 heteroatoms. The molecule has 1 fully saturated rings. The predicted octanol–water partition coefficient (Wildman–Crippen LogP) is 0.906. The minimum Gasteiger partial charge on any atom is -0.352 e. The van der Waals surface area contributed by atoms with Gasteiger partial charge in [-0.25, -0.2) is 13.8 Å². The molecule has 0 bridgehead atoms. The number of carbonyl (C=O) groups is 1. The standard InChI is InChI=1S/C22H21FN6O3/c23-15-4-6-16(7-5-15)29-21(31)17(13-24-22(29)32)20(30)28-10-8-27(9-11-28)19-12-14-2-1-3-18(14)25-26-19/h4-7,12-13H,1-3,8-11H2,(H,24,32). The molecule has 1 saturated heterocycles. The third-order valence-electron chi connectivity index (χ3n) is 5.99. The number of aromatic nitrogens is 4. The largest absolute Gasteiger partial charge is 0.352 e. The van der Waals surface area contributed by atoms with Gasteiger partial charge in [-0.3, -0.25) is 9.59 Å². The summed E-state index contributed by atoms with van der Waals surface area (Å²) in [5, 5.41) is 8.66. The molecule has 0 atom stereocenters. The Balaban J connectivity index is 1.34. The molecule has 1 aliphatic carbocycles. The molecule has 0 unspecified atom stereocenters. The number of aromatic amines is 1. The van der Waals surface area contributed by atoms with Crippen molar-refractivity contribution in [2.75, 3.05) is 31.1 Å². The van der Waals surface area contributed by atoms with Crippen LogP contribution >= 0.6 is 0 Å². The van der Waals surface area contributed by atoms with E-state index in [1.165, 1.54) is 17.7 Å². The molecule has 0 spiro atoms. The number of hydrogen-bond acceptors (Lipinski definition) is 6. The van der Waals surface area contributed by atoms with E-state index in [0.717, 1.165) is 53.7 Å². The monoisotopic (exact) mass is 436 g/mol. The number of aryl methyl sites for hydroxylation is 2. The Morgan fingerprint density at radius 3 is 2.50 bits per heavy atom. The lowest BCUT2D eigenvalue weighted by atomic mass is 10.2. The molecule has 1 aromatic carbocycles. The number of anilines is 1. The molecule has 1 amide bonds. The summed E-state index contributed by atoms with van der Waals surface area (Å²) < 4.78 is 14.1. The summed E-state index contributed by atoms with van der Waals surface area (Å²) in [7, 11) is 0. The number of halogens is 1. The van der Waals surface area contributed by atoms with Gasteiger partial charge in [0.1, 0.15) is 11.4 Å². The van der Waals surface area contributed by atoms with Gasteiger partial charge in [0, 0.05) is 32.4 Å². The van der Waals surface area contributed by atoms with Gasteiger partial charge in [0.25, 0.3) is 11.5 Å². The maximum absolute atomic E-state index is 13.2. The second kappa shape index (κ2) is 8.03. The van der Waals surface area contributed by atoms with Gasteiger partial charge >= 0.3 is 5.69 Å². The number of H-pyrrole nitrogens is 1. The third-order valence-corrected chi connectivity index (χ3v) is 5.99. The average Bonchev–Trinajstić information content (AvgIpc) is 3.28. The highest BCUT2D eigenvalue weighted by Gasteiger charge is 2.27. The Morgan fingerprint density at radius 1 is 1.00 bits per heavy atom. The van der Waals surface area contributed by atoms with E-state index in [4.69, 9.17) is 0 Å². The first kappa shape index (κ1) is 20.1. The van der Waals surface area contributed by atoms with Crippen LogP contribution in [0.25, 0.3) is 5.69 Å². The van der Waals surface area contributed by atoms with Crippen molar-refractivity contribution in [3.05, 3.63) is 80.0 Å². The Bertz CT molecular complexity index is 1290. The van der Waals surface area contributed by atoms with E-state index >= 15 is 0 Å². The lowest BCUT2D eigenvalue weighted by molar-refractivity contribution is 0.0743. The summed E-state index contributed by atoms with van der Waals surface area (Å²) in [5.41, 5.74) is 0.920. The fourth-order valence-electron chi connectivity index (χ4n) is 4.23. The number of piperazine rings is 1. The molecule has 2 aromatic heterocycles. The Labute approximate surface area is 182 Å². The third kappa shape index (κ3) is 3.57. The molecular weight excluding hydrogens is 415 g/mol. The molecule has 5 rings (SSSR count). The van der Waals surface area contributed by atoms with Crippen molar-refractivity contribution in [3.8, 4) is 5.69 Å². The van der Waals surface area contributed by atoms with Crippen LogP contribution in [0, 0.1) is 5.82 Å². The van der Waals surface area contributed by atoms with Crippen molar-refractivity contribution in [2.45, 2.75) is 19.3 Å². The minimum atomic E-state index is -0.739. The molecule has 2 aliphatic rings. The number of amides is 1. The van der Waals surface area contributed by atoms with E-state index in [1.54, 1.807) is 4.90 Å². The van der Waals surface area contributed by atoms with Gasteiger partial charge in [-0.2, -0.15) is 5.10 Å². The van der Waals surface area contributed by atoms with Crippen LogP contribution in [0.5, 0.6) is 0 Å². The molecule has 0 radical (unpaired) electrons. The molecule has 1 aliphatic heterocycles. The summed E-state index contributed by atoms with van der Waals surface area (Å²) >= 11 is 0. The Morgan fingerprint density at radius 2 is 1.75 bits per heavy atom. The van der Waals surface area contributed by atoms with E-state index in [-0.39, 0.29) is 11.3 Å². The molecule has 3 heterocycles. The normalized spacial score (nSPS) is 15.7. The minimum absolute atomic E-state index is 0.139. The fraction of sp³-hybridized carbons (Fsp3) is 0.318. The van der Waals surface area contributed by atoms with E-state index in [2.05, 4.69) is 26.1 Å². The Kier molecular flexibility index (Phi) is 5.04. The second-order valence-corrected chi connectivity index (χ2v) is 7.93. The summed E-state index contributed by atoms with van der Waals surface area (Å²) in [6, 6.07) is 7.01. The molecule has 32 heavy (non-hydrogen) atoms. The highest BCUT2D eigenvalue weighted by Crippen LogP contribution is 2.23. The van der Waals surface area contributed by atoms with E-state index < -0.39 is 23.0 Å². The molecule has 0 saturated carbocycles. The van der Waals surface area contributed by atoms with Gasteiger partial charge in [0.05, 0.1) is 11.4 Å². The van der Waals surface area contributed by atoms with E-state index in [9.17, 15) is 18.8 Å². The number of benzene rings is 1. The fourth-order valence-corrected chi connectivity index (χ4v) is 4.23. The summed E-state index contributed by atoms with van der Waals surface area (Å²) in [6.45, 7) is 1.95. The van der Waals surface area contributed by atoms with Crippen molar-refractivity contribution in [1.82, 2.24) is 24.6 Å².